The van der Waals surface area contributed by atoms with Crippen LogP contribution in [0.2, 0.25) is 0 Å². The zero-order chi connectivity index (χ0) is 12.4. The summed E-state index contributed by atoms with van der Waals surface area (Å²) in [6, 6.07) is 1.84. The molecule has 2 atom stereocenters. The molecule has 0 amide bonds. The van der Waals surface area contributed by atoms with E-state index in [0.717, 1.165) is 24.5 Å². The van der Waals surface area contributed by atoms with Gasteiger partial charge in [0.2, 0.25) is 0 Å². The summed E-state index contributed by atoms with van der Waals surface area (Å²) in [5, 5.41) is 8.15. The molecule has 1 aromatic rings. The third-order valence-corrected chi connectivity index (χ3v) is 3.35. The first kappa shape index (κ1) is 12.2. The number of thiocarbonyl (C=S) groups is 1. The Morgan fingerprint density at radius 3 is 2.65 bits per heavy atom. The second-order valence-electron chi connectivity index (χ2n) is 4.98. The minimum atomic E-state index is 0.390. The lowest BCUT2D eigenvalue weighted by atomic mass is 9.92. The normalized spacial score (nSPS) is 24.7. The highest BCUT2D eigenvalue weighted by molar-refractivity contribution is 7.80. The van der Waals surface area contributed by atoms with Crippen LogP contribution < -0.4 is 10.6 Å². The summed E-state index contributed by atoms with van der Waals surface area (Å²) < 4.78 is 0. The van der Waals surface area contributed by atoms with Crippen molar-refractivity contribution in [3.8, 4) is 0 Å². The van der Waals surface area contributed by atoms with Crippen LogP contribution >= 0.6 is 12.2 Å². The van der Waals surface area contributed by atoms with Gasteiger partial charge in [-0.15, -0.1) is 5.10 Å². The minimum Gasteiger partial charge on any atom is -0.389 e. The Morgan fingerprint density at radius 2 is 2.06 bits per heavy atom. The molecule has 1 fully saturated rings. The monoisotopic (exact) mass is 250 g/mol. The van der Waals surface area contributed by atoms with Crippen molar-refractivity contribution in [2.24, 2.45) is 17.6 Å². The quantitative estimate of drug-likeness (QED) is 0.808. The van der Waals surface area contributed by atoms with E-state index in [2.05, 4.69) is 28.9 Å². The number of piperidine rings is 1. The number of hydrogen-bond acceptors (Lipinski definition) is 4. The van der Waals surface area contributed by atoms with Crippen molar-refractivity contribution in [1.29, 1.82) is 0 Å². The van der Waals surface area contributed by atoms with E-state index >= 15 is 0 Å². The molecule has 1 aliphatic rings. The van der Waals surface area contributed by atoms with Gasteiger partial charge < -0.3 is 10.6 Å². The summed E-state index contributed by atoms with van der Waals surface area (Å²) >= 11 is 5.06. The minimum absolute atomic E-state index is 0.390. The van der Waals surface area contributed by atoms with E-state index in [4.69, 9.17) is 18.0 Å². The van der Waals surface area contributed by atoms with E-state index < -0.39 is 0 Å². The fourth-order valence-electron chi connectivity index (χ4n) is 2.59. The third-order valence-electron chi connectivity index (χ3n) is 3.14. The second-order valence-corrected chi connectivity index (χ2v) is 5.42. The molecule has 1 aromatic heterocycles. The van der Waals surface area contributed by atoms with Gasteiger partial charge in [-0.2, -0.15) is 5.10 Å². The fraction of sp³-hybridized carbons (Fsp3) is 0.583. The molecule has 2 N–H and O–H groups in total. The maximum absolute atomic E-state index is 5.73. The van der Waals surface area contributed by atoms with Crippen molar-refractivity contribution in [3.63, 3.8) is 0 Å². The van der Waals surface area contributed by atoms with Gasteiger partial charge in [0, 0.05) is 13.1 Å². The Labute approximate surface area is 107 Å². The number of rotatable bonds is 2. The van der Waals surface area contributed by atoms with Gasteiger partial charge in [0.25, 0.3) is 0 Å². The topological polar surface area (TPSA) is 55.0 Å². The molecule has 2 heterocycles. The Morgan fingerprint density at radius 1 is 1.41 bits per heavy atom. The first-order chi connectivity index (χ1) is 8.08. The average molecular weight is 250 g/mol. The molecular weight excluding hydrogens is 232 g/mol. The molecule has 4 nitrogen and oxygen atoms in total. The predicted octanol–water partition coefficient (Wildman–Crippen LogP) is 1.59. The number of hydrogen-bond donors (Lipinski definition) is 1. The van der Waals surface area contributed by atoms with Crippen molar-refractivity contribution in [1.82, 2.24) is 10.2 Å². The first-order valence-corrected chi connectivity index (χ1v) is 6.35. The predicted molar refractivity (Wildman–Crippen MR) is 73.1 cm³/mol. The summed E-state index contributed by atoms with van der Waals surface area (Å²) in [5.41, 5.74) is 6.56. The van der Waals surface area contributed by atoms with Crippen LogP contribution in [0, 0.1) is 11.8 Å². The van der Waals surface area contributed by atoms with Gasteiger partial charge in [-0.1, -0.05) is 26.1 Å². The highest BCUT2D eigenvalue weighted by atomic mass is 32.1. The third kappa shape index (κ3) is 2.72. The molecule has 0 aliphatic carbocycles. The van der Waals surface area contributed by atoms with Crippen LogP contribution in [0.3, 0.4) is 0 Å². The van der Waals surface area contributed by atoms with Gasteiger partial charge in [0.1, 0.15) is 4.99 Å². The summed E-state index contributed by atoms with van der Waals surface area (Å²) in [5.74, 6) is 2.17. The van der Waals surface area contributed by atoms with Gasteiger partial charge in [-0.3, -0.25) is 0 Å². The highest BCUT2D eigenvalue weighted by Crippen LogP contribution is 2.26. The van der Waals surface area contributed by atoms with Gasteiger partial charge in [-0.25, -0.2) is 0 Å². The summed E-state index contributed by atoms with van der Waals surface area (Å²) in [6.45, 7) is 6.52. The SMILES string of the molecule is CC1CC(C)CN(c2nnccc2C(N)=S)C1. The van der Waals surface area contributed by atoms with E-state index in [0.29, 0.717) is 16.8 Å². The number of nitrogens with zero attached hydrogens (tertiary/aromatic N) is 3. The van der Waals surface area contributed by atoms with E-state index in [-0.39, 0.29) is 0 Å². The molecule has 5 heteroatoms. The summed E-state index contributed by atoms with van der Waals surface area (Å²) in [7, 11) is 0. The van der Waals surface area contributed by atoms with Gasteiger partial charge >= 0.3 is 0 Å². The fourth-order valence-corrected chi connectivity index (χ4v) is 2.75. The van der Waals surface area contributed by atoms with Crippen LogP contribution in [-0.4, -0.2) is 28.3 Å². The molecule has 17 heavy (non-hydrogen) atoms. The molecular formula is C12H18N4S. The average Bonchev–Trinajstić information content (AvgIpc) is 2.27. The maximum atomic E-state index is 5.73. The lowest BCUT2D eigenvalue weighted by molar-refractivity contribution is 0.355. The van der Waals surface area contributed by atoms with Crippen molar-refractivity contribution in [2.75, 3.05) is 18.0 Å². The number of aromatic nitrogens is 2. The van der Waals surface area contributed by atoms with Gasteiger partial charge in [-0.05, 0) is 24.3 Å². The Kier molecular flexibility index (Phi) is 3.57. The van der Waals surface area contributed by atoms with E-state index in [1.54, 1.807) is 6.20 Å². The van der Waals surface area contributed by atoms with Crippen molar-refractivity contribution < 1.29 is 0 Å². The molecule has 2 rings (SSSR count). The van der Waals surface area contributed by atoms with E-state index in [1.807, 2.05) is 6.07 Å². The lowest BCUT2D eigenvalue weighted by Crippen LogP contribution is -2.40. The molecule has 2 unspecified atom stereocenters. The second kappa shape index (κ2) is 4.96. The van der Waals surface area contributed by atoms with E-state index in [9.17, 15) is 0 Å². The van der Waals surface area contributed by atoms with Crippen molar-refractivity contribution >= 4 is 23.0 Å². The summed E-state index contributed by atoms with van der Waals surface area (Å²) in [6.07, 6.45) is 2.90. The molecule has 1 aliphatic heterocycles. The molecule has 0 spiro atoms. The van der Waals surface area contributed by atoms with E-state index in [1.165, 1.54) is 6.42 Å². The van der Waals surface area contributed by atoms with Crippen molar-refractivity contribution in [2.45, 2.75) is 20.3 Å². The molecule has 0 saturated carbocycles. The Balaban J connectivity index is 2.30. The van der Waals surface area contributed by atoms with Crippen molar-refractivity contribution in [3.05, 3.63) is 17.8 Å². The standard InChI is InChI=1S/C12H18N4S/c1-8-5-9(2)7-16(6-8)12-10(11(13)17)3-4-14-15-12/h3-4,8-9H,5-7H2,1-2H3,(H2,13,17). The molecule has 0 radical (unpaired) electrons. The lowest BCUT2D eigenvalue weighted by Gasteiger charge is -2.36. The Bertz CT molecular complexity index is 411. The van der Waals surface area contributed by atoms with Crippen LogP contribution in [0.25, 0.3) is 0 Å². The van der Waals surface area contributed by atoms with Crippen LogP contribution in [0.5, 0.6) is 0 Å². The van der Waals surface area contributed by atoms with Gasteiger partial charge in [0.15, 0.2) is 5.82 Å². The first-order valence-electron chi connectivity index (χ1n) is 5.94. The zero-order valence-electron chi connectivity index (χ0n) is 10.3. The maximum Gasteiger partial charge on any atom is 0.161 e. The van der Waals surface area contributed by atoms with Crippen LogP contribution in [-0.2, 0) is 0 Å². The molecule has 0 bridgehead atoms. The molecule has 0 aromatic carbocycles. The van der Waals surface area contributed by atoms with Crippen LogP contribution in [0.4, 0.5) is 5.82 Å². The number of anilines is 1. The zero-order valence-corrected chi connectivity index (χ0v) is 11.1. The molecule has 92 valence electrons. The van der Waals surface area contributed by atoms with Crippen LogP contribution in [0.1, 0.15) is 25.8 Å². The Hall–Kier alpha value is -1.23. The van der Waals surface area contributed by atoms with Crippen LogP contribution in [0.15, 0.2) is 12.3 Å². The highest BCUT2D eigenvalue weighted by Gasteiger charge is 2.25. The summed E-state index contributed by atoms with van der Waals surface area (Å²) in [4.78, 5) is 2.64. The molecule has 1 saturated heterocycles. The number of nitrogens with two attached hydrogens (primary N) is 1. The smallest absolute Gasteiger partial charge is 0.161 e. The largest absolute Gasteiger partial charge is 0.389 e. The van der Waals surface area contributed by atoms with Gasteiger partial charge in [0.05, 0.1) is 11.8 Å².